The number of nitrogens with one attached hydrogen (secondary N) is 1. The first-order valence-electron chi connectivity index (χ1n) is 5.70. The third kappa shape index (κ3) is 2.29. The molecule has 0 aromatic rings. The number of amides is 1. The number of carbonyl (C=O) groups is 1. The summed E-state index contributed by atoms with van der Waals surface area (Å²) in [6.45, 7) is 3.34. The van der Waals surface area contributed by atoms with Gasteiger partial charge in [0.15, 0.2) is 0 Å². The van der Waals surface area contributed by atoms with E-state index in [1.54, 1.807) is 0 Å². The molecule has 15 heavy (non-hydrogen) atoms. The Kier molecular flexibility index (Phi) is 3.22. The molecule has 2 aliphatic rings. The zero-order chi connectivity index (χ0) is 10.7. The maximum atomic E-state index is 12.0. The number of likely N-dealkylation sites (tertiary alicyclic amines) is 1. The standard InChI is InChI=1S/C11H17N3O/c12-7-9-2-5-14(6-3-9)11(15)10-1-4-13-8-10/h9-10,13H,1-6,8H2/t10-/m1/s1. The van der Waals surface area contributed by atoms with Crippen molar-refractivity contribution in [2.24, 2.45) is 11.8 Å². The summed E-state index contributed by atoms with van der Waals surface area (Å²) in [5.74, 6) is 0.635. The topological polar surface area (TPSA) is 56.1 Å². The van der Waals surface area contributed by atoms with Crippen molar-refractivity contribution in [1.82, 2.24) is 10.2 Å². The van der Waals surface area contributed by atoms with Crippen molar-refractivity contribution in [3.63, 3.8) is 0 Å². The fraction of sp³-hybridized carbons (Fsp3) is 0.818. The number of nitrogens with zero attached hydrogens (tertiary/aromatic N) is 2. The highest BCUT2D eigenvalue weighted by atomic mass is 16.2. The van der Waals surface area contributed by atoms with Crippen LogP contribution in [-0.2, 0) is 4.79 Å². The van der Waals surface area contributed by atoms with E-state index in [0.29, 0.717) is 0 Å². The fourth-order valence-corrected chi connectivity index (χ4v) is 2.35. The van der Waals surface area contributed by atoms with Crippen molar-refractivity contribution in [3.8, 4) is 6.07 Å². The van der Waals surface area contributed by atoms with Gasteiger partial charge in [-0.3, -0.25) is 4.79 Å². The molecule has 2 rings (SSSR count). The molecular weight excluding hydrogens is 190 g/mol. The summed E-state index contributed by atoms with van der Waals surface area (Å²) in [7, 11) is 0. The molecule has 2 aliphatic heterocycles. The van der Waals surface area contributed by atoms with Gasteiger partial charge in [-0.15, -0.1) is 0 Å². The van der Waals surface area contributed by atoms with Gasteiger partial charge in [-0.05, 0) is 25.8 Å². The van der Waals surface area contributed by atoms with Crippen molar-refractivity contribution >= 4 is 5.91 Å². The molecule has 2 saturated heterocycles. The van der Waals surface area contributed by atoms with Crippen LogP contribution in [0.15, 0.2) is 0 Å². The average molecular weight is 207 g/mol. The summed E-state index contributed by atoms with van der Waals surface area (Å²) in [6.07, 6.45) is 2.67. The second kappa shape index (κ2) is 4.63. The van der Waals surface area contributed by atoms with Gasteiger partial charge in [0.25, 0.3) is 0 Å². The van der Waals surface area contributed by atoms with Crippen molar-refractivity contribution < 1.29 is 4.79 Å². The predicted octanol–water partition coefficient (Wildman–Crippen LogP) is 0.358. The molecule has 0 spiro atoms. The molecule has 0 radical (unpaired) electrons. The molecule has 0 saturated carbocycles. The van der Waals surface area contributed by atoms with E-state index in [1.165, 1.54) is 0 Å². The van der Waals surface area contributed by atoms with E-state index < -0.39 is 0 Å². The Bertz CT molecular complexity index is 270. The Balaban J connectivity index is 1.84. The molecule has 0 aromatic carbocycles. The summed E-state index contributed by atoms with van der Waals surface area (Å²) in [4.78, 5) is 13.9. The number of nitriles is 1. The van der Waals surface area contributed by atoms with Crippen LogP contribution in [0.3, 0.4) is 0 Å². The highest BCUT2D eigenvalue weighted by Crippen LogP contribution is 2.19. The molecule has 0 bridgehead atoms. The Labute approximate surface area is 90.2 Å². The van der Waals surface area contributed by atoms with Crippen LogP contribution >= 0.6 is 0 Å². The van der Waals surface area contributed by atoms with Crippen LogP contribution < -0.4 is 5.32 Å². The lowest BCUT2D eigenvalue weighted by molar-refractivity contribution is -0.136. The van der Waals surface area contributed by atoms with E-state index in [2.05, 4.69) is 11.4 Å². The van der Waals surface area contributed by atoms with Crippen LogP contribution in [0, 0.1) is 23.2 Å². The van der Waals surface area contributed by atoms with Crippen LogP contribution in [0.25, 0.3) is 0 Å². The largest absolute Gasteiger partial charge is 0.342 e. The van der Waals surface area contributed by atoms with E-state index >= 15 is 0 Å². The Morgan fingerprint density at radius 1 is 1.33 bits per heavy atom. The van der Waals surface area contributed by atoms with E-state index in [4.69, 9.17) is 5.26 Å². The lowest BCUT2D eigenvalue weighted by atomic mass is 9.97. The first-order valence-corrected chi connectivity index (χ1v) is 5.70. The molecule has 4 nitrogen and oxygen atoms in total. The van der Waals surface area contributed by atoms with Gasteiger partial charge >= 0.3 is 0 Å². The molecule has 1 N–H and O–H groups in total. The van der Waals surface area contributed by atoms with Gasteiger partial charge in [0, 0.05) is 25.6 Å². The quantitative estimate of drug-likeness (QED) is 0.675. The zero-order valence-corrected chi connectivity index (χ0v) is 8.91. The first kappa shape index (κ1) is 10.4. The summed E-state index contributed by atoms with van der Waals surface area (Å²) in [5.41, 5.74) is 0. The van der Waals surface area contributed by atoms with Gasteiger partial charge in [0.2, 0.25) is 5.91 Å². The summed E-state index contributed by atoms with van der Waals surface area (Å²) in [6, 6.07) is 2.28. The molecule has 0 aliphatic carbocycles. The molecule has 0 aromatic heterocycles. The van der Waals surface area contributed by atoms with Crippen LogP contribution in [0.5, 0.6) is 0 Å². The van der Waals surface area contributed by atoms with Crippen LogP contribution in [0.4, 0.5) is 0 Å². The number of rotatable bonds is 1. The number of hydrogen-bond donors (Lipinski definition) is 1. The minimum Gasteiger partial charge on any atom is -0.342 e. The monoisotopic (exact) mass is 207 g/mol. The van der Waals surface area contributed by atoms with E-state index in [9.17, 15) is 4.79 Å². The second-order valence-corrected chi connectivity index (χ2v) is 4.42. The van der Waals surface area contributed by atoms with E-state index in [-0.39, 0.29) is 17.7 Å². The van der Waals surface area contributed by atoms with Crippen LogP contribution in [0.2, 0.25) is 0 Å². The van der Waals surface area contributed by atoms with E-state index in [0.717, 1.165) is 45.4 Å². The minimum absolute atomic E-state index is 0.163. The highest BCUT2D eigenvalue weighted by molar-refractivity contribution is 5.79. The van der Waals surface area contributed by atoms with Gasteiger partial charge < -0.3 is 10.2 Å². The molecule has 4 heteroatoms. The van der Waals surface area contributed by atoms with Crippen molar-refractivity contribution in [2.45, 2.75) is 19.3 Å². The lowest BCUT2D eigenvalue weighted by Crippen LogP contribution is -2.42. The van der Waals surface area contributed by atoms with Gasteiger partial charge in [-0.1, -0.05) is 0 Å². The van der Waals surface area contributed by atoms with Crippen molar-refractivity contribution in [3.05, 3.63) is 0 Å². The number of hydrogen-bond acceptors (Lipinski definition) is 3. The summed E-state index contributed by atoms with van der Waals surface area (Å²) in [5, 5.41) is 12.0. The molecule has 2 heterocycles. The van der Waals surface area contributed by atoms with Gasteiger partial charge in [0.05, 0.1) is 12.0 Å². The molecule has 0 unspecified atom stereocenters. The van der Waals surface area contributed by atoms with Gasteiger partial charge in [-0.25, -0.2) is 0 Å². The highest BCUT2D eigenvalue weighted by Gasteiger charge is 2.29. The maximum Gasteiger partial charge on any atom is 0.227 e. The maximum absolute atomic E-state index is 12.0. The minimum atomic E-state index is 0.163. The molecular formula is C11H17N3O. The second-order valence-electron chi connectivity index (χ2n) is 4.42. The predicted molar refractivity (Wildman–Crippen MR) is 55.9 cm³/mol. The summed E-state index contributed by atoms with van der Waals surface area (Å²) < 4.78 is 0. The first-order chi connectivity index (χ1) is 7.31. The van der Waals surface area contributed by atoms with Crippen LogP contribution in [-0.4, -0.2) is 37.0 Å². The van der Waals surface area contributed by atoms with Crippen molar-refractivity contribution in [1.29, 1.82) is 5.26 Å². The van der Waals surface area contributed by atoms with Gasteiger partial charge in [0.1, 0.15) is 0 Å². The Hall–Kier alpha value is -1.08. The molecule has 2 fully saturated rings. The lowest BCUT2D eigenvalue weighted by Gasteiger charge is -2.31. The normalized spacial score (nSPS) is 27.7. The Morgan fingerprint density at radius 2 is 2.07 bits per heavy atom. The molecule has 1 atom stereocenters. The van der Waals surface area contributed by atoms with Crippen LogP contribution in [0.1, 0.15) is 19.3 Å². The summed E-state index contributed by atoms with van der Waals surface area (Å²) >= 11 is 0. The number of piperidine rings is 1. The smallest absolute Gasteiger partial charge is 0.227 e. The molecule has 1 amide bonds. The van der Waals surface area contributed by atoms with Crippen molar-refractivity contribution in [2.75, 3.05) is 26.2 Å². The average Bonchev–Trinajstić information content (AvgIpc) is 2.82. The van der Waals surface area contributed by atoms with Gasteiger partial charge in [-0.2, -0.15) is 5.26 Å². The van der Waals surface area contributed by atoms with E-state index in [1.807, 2.05) is 4.90 Å². The molecule has 82 valence electrons. The third-order valence-corrected chi connectivity index (χ3v) is 3.40. The SMILES string of the molecule is N#CC1CCN(C(=O)[C@@H]2CCNC2)CC1. The fourth-order valence-electron chi connectivity index (χ4n) is 2.35. The number of carbonyl (C=O) groups excluding carboxylic acids is 1. The zero-order valence-electron chi connectivity index (χ0n) is 8.91. The third-order valence-electron chi connectivity index (χ3n) is 3.40. The Morgan fingerprint density at radius 3 is 2.60 bits per heavy atom.